The van der Waals surface area contributed by atoms with E-state index in [1.165, 1.54) is 12.1 Å². The van der Waals surface area contributed by atoms with Crippen molar-refractivity contribution in [3.05, 3.63) is 68.5 Å². The van der Waals surface area contributed by atoms with Gasteiger partial charge in [0.05, 0.1) is 11.1 Å². The number of halogens is 5. The minimum atomic E-state index is -4.83. The molecule has 104 valence electrons. The highest BCUT2D eigenvalue weighted by Gasteiger charge is 2.35. The van der Waals surface area contributed by atoms with Crippen LogP contribution in [-0.4, -0.2) is 5.78 Å². The first kappa shape index (κ1) is 15.0. The van der Waals surface area contributed by atoms with E-state index in [4.69, 9.17) is 0 Å². The van der Waals surface area contributed by atoms with Gasteiger partial charge >= 0.3 is 6.18 Å². The molecule has 2 rings (SSSR count). The normalized spacial score (nSPS) is 11.4. The second-order valence-electron chi connectivity index (χ2n) is 4.00. The Bertz CT molecular complexity index is 647. The Morgan fingerprint density at radius 3 is 2.15 bits per heavy atom. The summed E-state index contributed by atoms with van der Waals surface area (Å²) in [6.45, 7) is 0. The SMILES string of the molecule is O=C(c1ccc(I)cc1)c1cccc(C(F)(F)F)c1F. The van der Waals surface area contributed by atoms with Crippen molar-refractivity contribution in [1.82, 2.24) is 0 Å². The minimum Gasteiger partial charge on any atom is -0.288 e. The van der Waals surface area contributed by atoms with Crippen LogP contribution in [0.1, 0.15) is 21.5 Å². The summed E-state index contributed by atoms with van der Waals surface area (Å²) in [5, 5.41) is 0. The molecule has 0 N–H and O–H groups in total. The van der Waals surface area contributed by atoms with Crippen molar-refractivity contribution in [2.75, 3.05) is 0 Å². The molecule has 0 aromatic heterocycles. The third-order valence-corrected chi connectivity index (χ3v) is 3.37. The van der Waals surface area contributed by atoms with E-state index in [1.54, 1.807) is 12.1 Å². The summed E-state index contributed by atoms with van der Waals surface area (Å²) in [6.07, 6.45) is -4.83. The molecule has 0 aliphatic heterocycles. The average molecular weight is 394 g/mol. The molecular weight excluding hydrogens is 387 g/mol. The predicted octanol–water partition coefficient (Wildman–Crippen LogP) is 4.68. The molecule has 0 unspecified atom stereocenters. The van der Waals surface area contributed by atoms with E-state index < -0.39 is 28.9 Å². The van der Waals surface area contributed by atoms with Gasteiger partial charge in [-0.3, -0.25) is 4.79 Å². The topological polar surface area (TPSA) is 17.1 Å². The van der Waals surface area contributed by atoms with Crippen molar-refractivity contribution in [2.45, 2.75) is 6.18 Å². The molecular formula is C14H7F4IO. The minimum absolute atomic E-state index is 0.142. The highest BCUT2D eigenvalue weighted by molar-refractivity contribution is 14.1. The highest BCUT2D eigenvalue weighted by atomic mass is 127. The number of rotatable bonds is 2. The first-order valence-corrected chi connectivity index (χ1v) is 6.54. The number of hydrogen-bond acceptors (Lipinski definition) is 1. The van der Waals surface area contributed by atoms with Crippen LogP contribution >= 0.6 is 22.6 Å². The van der Waals surface area contributed by atoms with Gasteiger partial charge in [-0.25, -0.2) is 4.39 Å². The second kappa shape index (κ2) is 5.51. The van der Waals surface area contributed by atoms with Crippen molar-refractivity contribution in [3.63, 3.8) is 0 Å². The van der Waals surface area contributed by atoms with E-state index in [1.807, 2.05) is 22.6 Å². The van der Waals surface area contributed by atoms with Gasteiger partial charge in [0.15, 0.2) is 5.78 Å². The van der Waals surface area contributed by atoms with Crippen LogP contribution < -0.4 is 0 Å². The number of ketones is 1. The average Bonchev–Trinajstić information content (AvgIpc) is 2.37. The van der Waals surface area contributed by atoms with Crippen LogP contribution in [0, 0.1) is 9.39 Å². The van der Waals surface area contributed by atoms with Gasteiger partial charge in [-0.1, -0.05) is 6.07 Å². The van der Waals surface area contributed by atoms with Gasteiger partial charge in [0.2, 0.25) is 0 Å². The summed E-state index contributed by atoms with van der Waals surface area (Å²) in [4.78, 5) is 12.0. The lowest BCUT2D eigenvalue weighted by Crippen LogP contribution is -2.13. The smallest absolute Gasteiger partial charge is 0.288 e. The molecule has 6 heteroatoms. The second-order valence-corrected chi connectivity index (χ2v) is 5.25. The molecule has 0 fully saturated rings. The fraction of sp³-hybridized carbons (Fsp3) is 0.0714. The lowest BCUT2D eigenvalue weighted by atomic mass is 10.0. The van der Waals surface area contributed by atoms with Gasteiger partial charge in [-0.05, 0) is 59.0 Å². The zero-order chi connectivity index (χ0) is 14.9. The van der Waals surface area contributed by atoms with Crippen molar-refractivity contribution >= 4 is 28.4 Å². The summed E-state index contributed by atoms with van der Waals surface area (Å²) < 4.78 is 52.5. The van der Waals surface area contributed by atoms with Crippen molar-refractivity contribution < 1.29 is 22.4 Å². The van der Waals surface area contributed by atoms with Gasteiger partial charge in [-0.15, -0.1) is 0 Å². The molecule has 0 bridgehead atoms. The van der Waals surface area contributed by atoms with Crippen LogP contribution in [0.5, 0.6) is 0 Å². The number of carbonyl (C=O) groups is 1. The molecule has 20 heavy (non-hydrogen) atoms. The monoisotopic (exact) mass is 394 g/mol. The maximum absolute atomic E-state index is 13.8. The molecule has 0 atom stereocenters. The largest absolute Gasteiger partial charge is 0.419 e. The molecule has 0 heterocycles. The van der Waals surface area contributed by atoms with Crippen molar-refractivity contribution in [3.8, 4) is 0 Å². The molecule has 0 saturated heterocycles. The Kier molecular flexibility index (Phi) is 4.12. The maximum Gasteiger partial charge on any atom is 0.419 e. The summed E-state index contributed by atoms with van der Waals surface area (Å²) in [6, 6.07) is 8.82. The molecule has 0 aliphatic carbocycles. The zero-order valence-corrected chi connectivity index (χ0v) is 12.0. The Hall–Kier alpha value is -1.44. The third-order valence-electron chi connectivity index (χ3n) is 2.66. The Morgan fingerprint density at radius 1 is 1.00 bits per heavy atom. The fourth-order valence-electron chi connectivity index (χ4n) is 1.68. The van der Waals surface area contributed by atoms with Crippen LogP contribution in [0.3, 0.4) is 0 Å². The predicted molar refractivity (Wildman–Crippen MR) is 74.0 cm³/mol. The van der Waals surface area contributed by atoms with Crippen LogP contribution in [-0.2, 0) is 6.18 Å². The summed E-state index contributed by atoms with van der Waals surface area (Å²) >= 11 is 2.02. The molecule has 0 spiro atoms. The first-order chi connectivity index (χ1) is 9.30. The quantitative estimate of drug-likeness (QED) is 0.411. The molecule has 0 radical (unpaired) electrons. The van der Waals surface area contributed by atoms with Crippen LogP contribution in [0.15, 0.2) is 42.5 Å². The van der Waals surface area contributed by atoms with Crippen LogP contribution in [0.2, 0.25) is 0 Å². The van der Waals surface area contributed by atoms with Gasteiger partial charge in [0, 0.05) is 9.13 Å². The Morgan fingerprint density at radius 2 is 1.60 bits per heavy atom. The third kappa shape index (κ3) is 3.00. The fourth-order valence-corrected chi connectivity index (χ4v) is 2.04. The molecule has 2 aromatic rings. The maximum atomic E-state index is 13.8. The van der Waals surface area contributed by atoms with E-state index in [0.29, 0.717) is 6.07 Å². The number of benzene rings is 2. The number of hydrogen-bond donors (Lipinski definition) is 0. The Balaban J connectivity index is 2.48. The van der Waals surface area contributed by atoms with E-state index in [0.717, 1.165) is 15.7 Å². The Labute approximate surface area is 125 Å². The van der Waals surface area contributed by atoms with E-state index >= 15 is 0 Å². The van der Waals surface area contributed by atoms with E-state index in [-0.39, 0.29) is 5.56 Å². The lowest BCUT2D eigenvalue weighted by Gasteiger charge is -2.10. The molecule has 1 nitrogen and oxygen atoms in total. The van der Waals surface area contributed by atoms with Crippen LogP contribution in [0.25, 0.3) is 0 Å². The van der Waals surface area contributed by atoms with Crippen molar-refractivity contribution in [1.29, 1.82) is 0 Å². The highest BCUT2D eigenvalue weighted by Crippen LogP contribution is 2.32. The van der Waals surface area contributed by atoms with E-state index in [2.05, 4.69) is 0 Å². The summed E-state index contributed by atoms with van der Waals surface area (Å²) in [5.41, 5.74) is -1.88. The molecule has 0 aliphatic rings. The summed E-state index contributed by atoms with van der Waals surface area (Å²) in [5.74, 6) is -2.31. The molecule has 2 aromatic carbocycles. The zero-order valence-electron chi connectivity index (χ0n) is 9.84. The molecule has 0 saturated carbocycles. The van der Waals surface area contributed by atoms with Gasteiger partial charge in [0.25, 0.3) is 0 Å². The standard InChI is InChI=1S/C14H7F4IO/c15-12-10(2-1-3-11(12)14(16,17)18)13(20)8-4-6-9(19)7-5-8/h1-7H. The first-order valence-electron chi connectivity index (χ1n) is 5.46. The van der Waals surface area contributed by atoms with E-state index in [9.17, 15) is 22.4 Å². The summed E-state index contributed by atoms with van der Waals surface area (Å²) in [7, 11) is 0. The van der Waals surface area contributed by atoms with Gasteiger partial charge in [-0.2, -0.15) is 13.2 Å². The lowest BCUT2D eigenvalue weighted by molar-refractivity contribution is -0.140. The van der Waals surface area contributed by atoms with Crippen molar-refractivity contribution in [2.24, 2.45) is 0 Å². The van der Waals surface area contributed by atoms with Gasteiger partial charge in [0.1, 0.15) is 5.82 Å². The van der Waals surface area contributed by atoms with Crippen LogP contribution in [0.4, 0.5) is 17.6 Å². The van der Waals surface area contributed by atoms with Gasteiger partial charge < -0.3 is 0 Å². The number of carbonyl (C=O) groups excluding carboxylic acids is 1. The number of alkyl halides is 3. The molecule has 0 amide bonds.